The minimum Gasteiger partial charge on any atom is -0.302 e. The molecular weight excluding hydrogens is 128 g/mol. The highest BCUT2D eigenvalue weighted by atomic mass is 19.3. The van der Waals surface area contributed by atoms with Crippen molar-refractivity contribution >= 4 is 0 Å². The summed E-state index contributed by atoms with van der Waals surface area (Å²) in [6.45, 7) is 3.49. The zero-order chi connectivity index (χ0) is 7.28. The molecule has 0 fully saturated rings. The van der Waals surface area contributed by atoms with Crippen LogP contribution in [0.5, 0.6) is 0 Å². The predicted octanol–water partition coefficient (Wildman–Crippen LogP) is 1.18. The lowest BCUT2D eigenvalue weighted by Gasteiger charge is -2.10. The minimum absolute atomic E-state index is 0.400. The molecule has 2 nitrogen and oxygen atoms in total. The van der Waals surface area contributed by atoms with Gasteiger partial charge < -0.3 is 4.84 Å². The van der Waals surface area contributed by atoms with Crippen LogP contribution in [0.2, 0.25) is 0 Å². The van der Waals surface area contributed by atoms with Gasteiger partial charge in [0.25, 0.3) is 6.43 Å². The van der Waals surface area contributed by atoms with E-state index in [2.05, 4.69) is 10.3 Å². The SMILES string of the molecule is CCONC(C)C(F)F. The van der Waals surface area contributed by atoms with Gasteiger partial charge in [-0.2, -0.15) is 5.48 Å². The van der Waals surface area contributed by atoms with E-state index in [0.717, 1.165) is 0 Å². The zero-order valence-electron chi connectivity index (χ0n) is 5.53. The first-order valence-electron chi connectivity index (χ1n) is 2.84. The standard InChI is InChI=1S/C5H11F2NO/c1-3-9-8-4(2)5(6)7/h4-5,8H,3H2,1-2H3. The van der Waals surface area contributed by atoms with Gasteiger partial charge >= 0.3 is 0 Å². The molecule has 0 aromatic carbocycles. The minimum atomic E-state index is -2.36. The molecule has 56 valence electrons. The van der Waals surface area contributed by atoms with Gasteiger partial charge in [0.2, 0.25) is 0 Å². The molecule has 1 atom stereocenters. The average Bonchev–Trinajstić information content (AvgIpc) is 1.82. The molecule has 0 saturated heterocycles. The van der Waals surface area contributed by atoms with Gasteiger partial charge in [0.05, 0.1) is 12.6 Å². The molecule has 1 N–H and O–H groups in total. The van der Waals surface area contributed by atoms with Gasteiger partial charge in [-0.05, 0) is 13.8 Å². The molecular formula is C5H11F2NO. The zero-order valence-corrected chi connectivity index (χ0v) is 5.53. The van der Waals surface area contributed by atoms with Crippen molar-refractivity contribution in [1.82, 2.24) is 5.48 Å². The first kappa shape index (κ1) is 8.78. The van der Waals surface area contributed by atoms with Gasteiger partial charge in [-0.15, -0.1) is 0 Å². The Kier molecular flexibility index (Phi) is 4.53. The van der Waals surface area contributed by atoms with E-state index < -0.39 is 12.5 Å². The highest BCUT2D eigenvalue weighted by Crippen LogP contribution is 1.98. The maximum absolute atomic E-state index is 11.6. The topological polar surface area (TPSA) is 21.3 Å². The summed E-state index contributed by atoms with van der Waals surface area (Å²) in [5, 5.41) is 0. The van der Waals surface area contributed by atoms with Crippen LogP contribution in [0, 0.1) is 0 Å². The Morgan fingerprint density at radius 1 is 1.56 bits per heavy atom. The van der Waals surface area contributed by atoms with Crippen molar-refractivity contribution in [3.8, 4) is 0 Å². The first-order valence-corrected chi connectivity index (χ1v) is 2.84. The van der Waals surface area contributed by atoms with Gasteiger partial charge in [0.1, 0.15) is 0 Å². The van der Waals surface area contributed by atoms with Crippen LogP contribution in [-0.4, -0.2) is 19.1 Å². The van der Waals surface area contributed by atoms with E-state index in [-0.39, 0.29) is 0 Å². The van der Waals surface area contributed by atoms with E-state index in [4.69, 9.17) is 0 Å². The van der Waals surface area contributed by atoms with Gasteiger partial charge in [-0.1, -0.05) is 0 Å². The van der Waals surface area contributed by atoms with Crippen molar-refractivity contribution in [1.29, 1.82) is 0 Å². The number of nitrogens with one attached hydrogen (secondary N) is 1. The van der Waals surface area contributed by atoms with E-state index in [1.165, 1.54) is 6.92 Å². The van der Waals surface area contributed by atoms with E-state index in [1.54, 1.807) is 6.92 Å². The van der Waals surface area contributed by atoms with Crippen LogP contribution in [0.15, 0.2) is 0 Å². The monoisotopic (exact) mass is 139 g/mol. The molecule has 0 aliphatic rings. The Hall–Kier alpha value is -0.220. The fourth-order valence-electron chi connectivity index (χ4n) is 0.266. The number of hydrogen-bond acceptors (Lipinski definition) is 2. The highest BCUT2D eigenvalue weighted by Gasteiger charge is 2.12. The van der Waals surface area contributed by atoms with Gasteiger partial charge in [-0.3, -0.25) is 0 Å². The first-order chi connectivity index (χ1) is 4.18. The summed E-state index contributed by atoms with van der Waals surface area (Å²) in [6, 6.07) is -0.884. The number of hydroxylamine groups is 1. The molecule has 0 aliphatic heterocycles. The van der Waals surface area contributed by atoms with E-state index in [9.17, 15) is 8.78 Å². The van der Waals surface area contributed by atoms with Crippen LogP contribution in [0.25, 0.3) is 0 Å². The van der Waals surface area contributed by atoms with Crippen LogP contribution in [-0.2, 0) is 4.84 Å². The maximum Gasteiger partial charge on any atom is 0.255 e. The van der Waals surface area contributed by atoms with Crippen molar-refractivity contribution in [2.45, 2.75) is 26.3 Å². The molecule has 0 saturated carbocycles. The van der Waals surface area contributed by atoms with Crippen LogP contribution >= 0.6 is 0 Å². The van der Waals surface area contributed by atoms with Crippen molar-refractivity contribution in [3.63, 3.8) is 0 Å². The second-order valence-electron chi connectivity index (χ2n) is 1.67. The normalized spacial score (nSPS) is 14.3. The molecule has 0 aromatic rings. The van der Waals surface area contributed by atoms with Crippen molar-refractivity contribution in [3.05, 3.63) is 0 Å². The Balaban J connectivity index is 3.16. The third-order valence-electron chi connectivity index (χ3n) is 0.792. The summed E-state index contributed by atoms with van der Waals surface area (Å²) in [7, 11) is 0. The molecule has 0 aromatic heterocycles. The highest BCUT2D eigenvalue weighted by molar-refractivity contribution is 4.54. The van der Waals surface area contributed by atoms with Crippen molar-refractivity contribution in [2.24, 2.45) is 0 Å². The third kappa shape index (κ3) is 4.29. The van der Waals surface area contributed by atoms with E-state index in [1.807, 2.05) is 0 Å². The lowest BCUT2D eigenvalue weighted by molar-refractivity contribution is -0.0224. The van der Waals surface area contributed by atoms with E-state index >= 15 is 0 Å². The fraction of sp³-hybridized carbons (Fsp3) is 1.00. The van der Waals surface area contributed by atoms with Crippen molar-refractivity contribution < 1.29 is 13.6 Å². The molecule has 4 heteroatoms. The second kappa shape index (κ2) is 4.64. The molecule has 1 unspecified atom stereocenters. The Bertz CT molecular complexity index is 70.0. The average molecular weight is 139 g/mol. The van der Waals surface area contributed by atoms with Gasteiger partial charge in [-0.25, -0.2) is 8.78 Å². The summed E-state index contributed by atoms with van der Waals surface area (Å²) in [5.41, 5.74) is 2.18. The molecule has 0 amide bonds. The number of hydrogen-bond donors (Lipinski definition) is 1. The fourth-order valence-corrected chi connectivity index (χ4v) is 0.266. The molecule has 0 bridgehead atoms. The number of rotatable bonds is 4. The maximum atomic E-state index is 11.6. The van der Waals surface area contributed by atoms with Crippen molar-refractivity contribution in [2.75, 3.05) is 6.61 Å². The molecule has 0 heterocycles. The molecule has 9 heavy (non-hydrogen) atoms. The summed E-state index contributed by atoms with van der Waals surface area (Å²) >= 11 is 0. The summed E-state index contributed by atoms with van der Waals surface area (Å²) < 4.78 is 23.2. The largest absolute Gasteiger partial charge is 0.302 e. The summed E-state index contributed by atoms with van der Waals surface area (Å²) in [4.78, 5) is 4.53. The number of alkyl halides is 2. The molecule has 0 spiro atoms. The summed E-state index contributed by atoms with van der Waals surface area (Å²) in [6.07, 6.45) is -2.36. The lowest BCUT2D eigenvalue weighted by Crippen LogP contribution is -2.32. The van der Waals surface area contributed by atoms with Crippen LogP contribution < -0.4 is 5.48 Å². The van der Waals surface area contributed by atoms with Crippen LogP contribution in [0.1, 0.15) is 13.8 Å². The predicted molar refractivity (Wildman–Crippen MR) is 30.2 cm³/mol. The smallest absolute Gasteiger partial charge is 0.255 e. The second-order valence-corrected chi connectivity index (χ2v) is 1.67. The van der Waals surface area contributed by atoms with E-state index in [0.29, 0.717) is 6.61 Å². The Labute approximate surface area is 53.1 Å². The Morgan fingerprint density at radius 3 is 2.44 bits per heavy atom. The summed E-state index contributed by atoms with van der Waals surface area (Å²) in [5.74, 6) is 0. The van der Waals surface area contributed by atoms with Gasteiger partial charge in [0.15, 0.2) is 0 Å². The lowest BCUT2D eigenvalue weighted by atomic mass is 10.4. The number of halogens is 2. The van der Waals surface area contributed by atoms with Crippen LogP contribution in [0.4, 0.5) is 8.78 Å². The molecule has 0 radical (unpaired) electrons. The quantitative estimate of drug-likeness (QED) is 0.590. The van der Waals surface area contributed by atoms with Gasteiger partial charge in [0, 0.05) is 0 Å². The third-order valence-corrected chi connectivity index (χ3v) is 0.792. The molecule has 0 aliphatic carbocycles. The Morgan fingerprint density at radius 2 is 2.11 bits per heavy atom. The molecule has 0 rings (SSSR count). The van der Waals surface area contributed by atoms with Crippen LogP contribution in [0.3, 0.4) is 0 Å².